The van der Waals surface area contributed by atoms with Crippen molar-refractivity contribution in [3.05, 3.63) is 52.5 Å². The third kappa shape index (κ3) is 2.37. The van der Waals surface area contributed by atoms with Crippen molar-refractivity contribution in [3.8, 4) is 17.4 Å². The number of benzene rings is 2. The van der Waals surface area contributed by atoms with Gasteiger partial charge < -0.3 is 4.74 Å². The van der Waals surface area contributed by atoms with E-state index < -0.39 is 0 Å². The molecule has 0 bridgehead atoms. The largest absolute Gasteiger partial charge is 0.465 e. The average Bonchev–Trinajstić information content (AvgIpc) is 3.00. The van der Waals surface area contributed by atoms with Gasteiger partial charge in [0.15, 0.2) is 11.5 Å². The minimum Gasteiger partial charge on any atom is -0.465 e. The van der Waals surface area contributed by atoms with E-state index in [0.717, 1.165) is 10.9 Å². The van der Waals surface area contributed by atoms with E-state index in [2.05, 4.69) is 15.2 Å². The lowest BCUT2D eigenvalue weighted by molar-refractivity contribution is 0.310. The molecule has 0 saturated carbocycles. The van der Waals surface area contributed by atoms with Crippen molar-refractivity contribution in [2.45, 2.75) is 6.92 Å². The maximum Gasteiger partial charge on any atom is 0.304 e. The fourth-order valence-corrected chi connectivity index (χ4v) is 3.12. The molecule has 0 N–H and O–H groups in total. The summed E-state index contributed by atoms with van der Waals surface area (Å²) in [6.45, 7) is 2.38. The van der Waals surface area contributed by atoms with E-state index in [4.69, 9.17) is 27.9 Å². The van der Waals surface area contributed by atoms with E-state index in [9.17, 15) is 0 Å². The fourth-order valence-electron chi connectivity index (χ4n) is 2.62. The van der Waals surface area contributed by atoms with Gasteiger partial charge in [-0.05, 0) is 37.3 Å². The summed E-state index contributed by atoms with van der Waals surface area (Å²) in [4.78, 5) is 4.59. The van der Waals surface area contributed by atoms with Gasteiger partial charge in [0.25, 0.3) is 0 Å². The molecular formula is C17H12Cl2N4O. The highest BCUT2D eigenvalue weighted by Crippen LogP contribution is 2.32. The van der Waals surface area contributed by atoms with Crippen LogP contribution >= 0.6 is 23.2 Å². The van der Waals surface area contributed by atoms with Gasteiger partial charge in [0.2, 0.25) is 0 Å². The Labute approximate surface area is 147 Å². The molecule has 24 heavy (non-hydrogen) atoms. The van der Waals surface area contributed by atoms with Gasteiger partial charge in [0, 0.05) is 16.0 Å². The first-order valence-corrected chi connectivity index (χ1v) is 8.16. The summed E-state index contributed by atoms with van der Waals surface area (Å²) in [5.41, 5.74) is 2.19. The Morgan fingerprint density at radius 1 is 1.08 bits per heavy atom. The highest BCUT2D eigenvalue weighted by molar-refractivity contribution is 6.36. The highest BCUT2D eigenvalue weighted by Gasteiger charge is 2.18. The van der Waals surface area contributed by atoms with Crippen LogP contribution in [0.2, 0.25) is 10.0 Å². The number of rotatable bonds is 3. The summed E-state index contributed by atoms with van der Waals surface area (Å²) in [5.74, 6) is 0.563. The zero-order valence-corrected chi connectivity index (χ0v) is 14.2. The number of aromatic nitrogens is 4. The van der Waals surface area contributed by atoms with E-state index in [1.807, 2.05) is 37.3 Å². The molecule has 7 heteroatoms. The van der Waals surface area contributed by atoms with Crippen molar-refractivity contribution < 1.29 is 4.74 Å². The van der Waals surface area contributed by atoms with E-state index in [0.29, 0.717) is 39.7 Å². The molecule has 2 aromatic carbocycles. The first kappa shape index (κ1) is 15.2. The zero-order valence-electron chi connectivity index (χ0n) is 12.7. The summed E-state index contributed by atoms with van der Waals surface area (Å²) < 4.78 is 7.49. The van der Waals surface area contributed by atoms with Gasteiger partial charge in [0.05, 0.1) is 17.1 Å². The summed E-state index contributed by atoms with van der Waals surface area (Å²) in [6.07, 6.45) is 0. The molecule has 4 aromatic rings. The summed E-state index contributed by atoms with van der Waals surface area (Å²) >= 11 is 12.3. The molecule has 0 fully saturated rings. The van der Waals surface area contributed by atoms with E-state index in [1.165, 1.54) is 0 Å². The number of halogens is 2. The van der Waals surface area contributed by atoms with Crippen LogP contribution in [-0.4, -0.2) is 26.2 Å². The second-order valence-electron chi connectivity index (χ2n) is 5.15. The predicted molar refractivity (Wildman–Crippen MR) is 94.9 cm³/mol. The minimum atomic E-state index is 0.428. The molecule has 0 spiro atoms. The third-order valence-corrected chi connectivity index (χ3v) is 4.21. The molecule has 0 aliphatic rings. The maximum absolute atomic E-state index is 6.34. The average molecular weight is 359 g/mol. The van der Waals surface area contributed by atoms with Crippen molar-refractivity contribution in [1.82, 2.24) is 19.6 Å². The van der Waals surface area contributed by atoms with Gasteiger partial charge in [-0.3, -0.25) is 0 Å². The number of hydrogen-bond donors (Lipinski definition) is 0. The number of nitrogens with zero attached hydrogens (tertiary/aromatic N) is 4. The van der Waals surface area contributed by atoms with Crippen LogP contribution in [0.4, 0.5) is 0 Å². The molecule has 0 radical (unpaired) electrons. The lowest BCUT2D eigenvalue weighted by Crippen LogP contribution is -2.04. The molecule has 5 nitrogen and oxygen atoms in total. The standard InChI is InChI=1S/C17H12Cl2N4O/c1-2-24-17-20-14-6-4-3-5-12(14)16-22-21-15(23(16)17)11-8-7-10(18)9-13(11)19/h3-9H,2H2,1H3. The van der Waals surface area contributed by atoms with Crippen LogP contribution in [0.3, 0.4) is 0 Å². The SMILES string of the molecule is CCOc1nc2ccccc2c2nnc(-c3ccc(Cl)cc3Cl)n12. The van der Waals surface area contributed by atoms with Gasteiger partial charge in [0.1, 0.15) is 0 Å². The van der Waals surface area contributed by atoms with Crippen molar-refractivity contribution >= 4 is 39.8 Å². The third-order valence-electron chi connectivity index (χ3n) is 3.66. The molecule has 0 aliphatic carbocycles. The van der Waals surface area contributed by atoms with E-state index in [-0.39, 0.29) is 0 Å². The number of hydrogen-bond acceptors (Lipinski definition) is 4. The second kappa shape index (κ2) is 5.92. The molecular weight excluding hydrogens is 347 g/mol. The molecule has 0 amide bonds. The molecule has 0 unspecified atom stereocenters. The molecule has 0 atom stereocenters. The first-order chi connectivity index (χ1) is 11.7. The fraction of sp³-hybridized carbons (Fsp3) is 0.118. The predicted octanol–water partition coefficient (Wildman–Crippen LogP) is 4.65. The Bertz CT molecular complexity index is 1060. The first-order valence-electron chi connectivity index (χ1n) is 7.41. The molecule has 0 aliphatic heterocycles. The smallest absolute Gasteiger partial charge is 0.304 e. The quantitative estimate of drug-likeness (QED) is 0.534. The van der Waals surface area contributed by atoms with Crippen molar-refractivity contribution in [2.24, 2.45) is 0 Å². The summed E-state index contributed by atoms with van der Waals surface area (Å²) in [5, 5.41) is 10.6. The second-order valence-corrected chi connectivity index (χ2v) is 5.99. The Morgan fingerprint density at radius 2 is 1.92 bits per heavy atom. The normalized spacial score (nSPS) is 11.3. The van der Waals surface area contributed by atoms with Crippen molar-refractivity contribution in [3.63, 3.8) is 0 Å². The van der Waals surface area contributed by atoms with Crippen LogP contribution in [0.1, 0.15) is 6.92 Å². The van der Waals surface area contributed by atoms with Crippen LogP contribution in [-0.2, 0) is 0 Å². The van der Waals surface area contributed by atoms with Gasteiger partial charge in [-0.25, -0.2) is 4.40 Å². The number of para-hydroxylation sites is 1. The van der Waals surface area contributed by atoms with Gasteiger partial charge >= 0.3 is 6.01 Å². The zero-order chi connectivity index (χ0) is 16.7. The van der Waals surface area contributed by atoms with Gasteiger partial charge in [-0.2, -0.15) is 4.98 Å². The van der Waals surface area contributed by atoms with E-state index in [1.54, 1.807) is 16.5 Å². The Hall–Kier alpha value is -2.37. The number of fused-ring (bicyclic) bond motifs is 3. The summed E-state index contributed by atoms with van der Waals surface area (Å²) in [7, 11) is 0. The Morgan fingerprint density at radius 3 is 2.71 bits per heavy atom. The van der Waals surface area contributed by atoms with Crippen LogP contribution in [0, 0.1) is 0 Å². The lowest BCUT2D eigenvalue weighted by atomic mass is 10.2. The Kier molecular flexibility index (Phi) is 3.75. The maximum atomic E-state index is 6.34. The highest BCUT2D eigenvalue weighted by atomic mass is 35.5. The van der Waals surface area contributed by atoms with Crippen LogP contribution < -0.4 is 4.74 Å². The van der Waals surface area contributed by atoms with Crippen LogP contribution in [0.5, 0.6) is 6.01 Å². The molecule has 120 valence electrons. The monoisotopic (exact) mass is 358 g/mol. The Balaban J connectivity index is 2.08. The molecule has 4 rings (SSSR count). The minimum absolute atomic E-state index is 0.428. The van der Waals surface area contributed by atoms with E-state index >= 15 is 0 Å². The molecule has 0 saturated heterocycles. The lowest BCUT2D eigenvalue weighted by Gasteiger charge is -2.10. The van der Waals surface area contributed by atoms with Crippen LogP contribution in [0.25, 0.3) is 27.9 Å². The van der Waals surface area contributed by atoms with Crippen molar-refractivity contribution in [2.75, 3.05) is 6.61 Å². The van der Waals surface area contributed by atoms with Crippen LogP contribution in [0.15, 0.2) is 42.5 Å². The topological polar surface area (TPSA) is 52.3 Å². The summed E-state index contributed by atoms with van der Waals surface area (Å²) in [6, 6.07) is 13.4. The van der Waals surface area contributed by atoms with Crippen molar-refractivity contribution in [1.29, 1.82) is 0 Å². The number of ether oxygens (including phenoxy) is 1. The molecule has 2 aromatic heterocycles. The molecule has 2 heterocycles. The van der Waals surface area contributed by atoms with Gasteiger partial charge in [-0.1, -0.05) is 35.3 Å². The van der Waals surface area contributed by atoms with Gasteiger partial charge in [-0.15, -0.1) is 10.2 Å².